The number of nitrogens with one attached hydrogen (secondary N) is 1. The van der Waals surface area contributed by atoms with Gasteiger partial charge in [0.05, 0.1) is 6.61 Å². The smallest absolute Gasteiger partial charge is 0.322 e. The lowest BCUT2D eigenvalue weighted by Gasteiger charge is -2.09. The van der Waals surface area contributed by atoms with Crippen molar-refractivity contribution in [2.24, 2.45) is 11.5 Å². The Morgan fingerprint density at radius 3 is 2.47 bits per heavy atom. The molecule has 0 aliphatic heterocycles. The molecular formula is C9H19N3O3. The van der Waals surface area contributed by atoms with Crippen molar-refractivity contribution in [2.45, 2.75) is 32.2 Å². The molecule has 0 aromatic rings. The molecule has 6 nitrogen and oxygen atoms in total. The molecule has 5 N–H and O–H groups in total. The van der Waals surface area contributed by atoms with E-state index in [-0.39, 0.29) is 5.97 Å². The fourth-order valence-corrected chi connectivity index (χ4v) is 0.876. The number of carbonyl (C=O) groups excluding carboxylic acids is 2. The number of hydrogen-bond donors (Lipinski definition) is 3. The zero-order valence-corrected chi connectivity index (χ0v) is 8.99. The summed E-state index contributed by atoms with van der Waals surface area (Å²) in [4.78, 5) is 19.3. The van der Waals surface area contributed by atoms with E-state index < -0.39 is 6.04 Å². The van der Waals surface area contributed by atoms with Crippen LogP contribution in [0.1, 0.15) is 26.2 Å². The maximum Gasteiger partial charge on any atom is 0.322 e. The topological polar surface area (TPSA) is 119 Å². The highest BCUT2D eigenvalue weighted by atomic mass is 16.5. The Bertz CT molecular complexity index is 191. The van der Waals surface area contributed by atoms with E-state index in [1.807, 2.05) is 0 Å². The van der Waals surface area contributed by atoms with Crippen molar-refractivity contribution in [3.63, 3.8) is 0 Å². The molecule has 0 radical (unpaired) electrons. The van der Waals surface area contributed by atoms with Crippen molar-refractivity contribution >= 4 is 12.0 Å². The van der Waals surface area contributed by atoms with Gasteiger partial charge in [0.2, 0.25) is 6.08 Å². The summed E-state index contributed by atoms with van der Waals surface area (Å²) in [5, 5.41) is 5.40. The van der Waals surface area contributed by atoms with E-state index in [1.165, 1.54) is 0 Å². The summed E-state index contributed by atoms with van der Waals surface area (Å²) in [5.74, 6) is -0.311. The number of isocyanates is 1. The fraction of sp³-hybridized carbons (Fsp3) is 0.778. The zero-order valence-electron chi connectivity index (χ0n) is 8.99. The average Bonchev–Trinajstić information content (AvgIpc) is 2.19. The second-order valence-electron chi connectivity index (χ2n) is 2.75. The van der Waals surface area contributed by atoms with Gasteiger partial charge in [0.1, 0.15) is 6.04 Å². The van der Waals surface area contributed by atoms with Gasteiger partial charge < -0.3 is 16.2 Å². The van der Waals surface area contributed by atoms with Crippen LogP contribution in [0.5, 0.6) is 0 Å². The van der Waals surface area contributed by atoms with Crippen LogP contribution in [0.15, 0.2) is 0 Å². The third kappa shape index (κ3) is 12.8. The minimum atomic E-state index is -0.475. The first-order valence-electron chi connectivity index (χ1n) is 4.80. The maximum atomic E-state index is 11.0. The summed E-state index contributed by atoms with van der Waals surface area (Å²) in [6.45, 7) is 2.81. The number of carbonyl (C=O) groups is 1. The third-order valence-electron chi connectivity index (χ3n) is 1.56. The molecule has 0 saturated heterocycles. The molecular weight excluding hydrogens is 198 g/mol. The predicted molar refractivity (Wildman–Crippen MR) is 55.9 cm³/mol. The fourth-order valence-electron chi connectivity index (χ4n) is 0.876. The molecule has 1 atom stereocenters. The van der Waals surface area contributed by atoms with Gasteiger partial charge in [-0.3, -0.25) is 4.79 Å². The highest BCUT2D eigenvalue weighted by molar-refractivity contribution is 5.75. The number of hydrogen-bond acceptors (Lipinski definition) is 6. The van der Waals surface area contributed by atoms with Gasteiger partial charge in [-0.05, 0) is 26.3 Å². The van der Waals surface area contributed by atoms with E-state index >= 15 is 0 Å². The van der Waals surface area contributed by atoms with Crippen molar-refractivity contribution in [3.8, 4) is 0 Å². The predicted octanol–water partition coefficient (Wildman–Crippen LogP) is -0.0932. The summed E-state index contributed by atoms with van der Waals surface area (Å²) in [5.41, 5.74) is 10.8. The molecule has 0 amide bonds. The van der Waals surface area contributed by atoms with Crippen LogP contribution >= 0.6 is 0 Å². The van der Waals surface area contributed by atoms with Crippen LogP contribution in [-0.4, -0.2) is 31.2 Å². The average molecular weight is 217 g/mol. The quantitative estimate of drug-likeness (QED) is 0.248. The summed E-state index contributed by atoms with van der Waals surface area (Å²) >= 11 is 0. The Morgan fingerprint density at radius 2 is 2.07 bits per heavy atom. The standard InChI is InChI=1S/C8H18N2O2.CHNO/c1-2-12-8(11)7(10)5-3-4-6-9;2-1-3/h7H,2-6,9-10H2,1H3;2H. The van der Waals surface area contributed by atoms with Crippen molar-refractivity contribution in [2.75, 3.05) is 13.2 Å². The first kappa shape index (κ1) is 16.2. The van der Waals surface area contributed by atoms with Gasteiger partial charge in [-0.1, -0.05) is 6.42 Å². The van der Waals surface area contributed by atoms with Crippen molar-refractivity contribution in [1.29, 1.82) is 5.41 Å². The molecule has 0 heterocycles. The molecule has 0 aromatic carbocycles. The van der Waals surface area contributed by atoms with Gasteiger partial charge in [0.15, 0.2) is 0 Å². The highest BCUT2D eigenvalue weighted by Gasteiger charge is 2.12. The molecule has 0 aromatic heterocycles. The van der Waals surface area contributed by atoms with Gasteiger partial charge in [0.25, 0.3) is 0 Å². The van der Waals surface area contributed by atoms with E-state index in [2.05, 4.69) is 0 Å². The molecule has 1 unspecified atom stereocenters. The van der Waals surface area contributed by atoms with Crippen LogP contribution in [0.25, 0.3) is 0 Å². The van der Waals surface area contributed by atoms with Crippen LogP contribution < -0.4 is 11.5 Å². The van der Waals surface area contributed by atoms with E-state index in [0.717, 1.165) is 18.9 Å². The number of rotatable bonds is 6. The van der Waals surface area contributed by atoms with Crippen LogP contribution in [0.4, 0.5) is 0 Å². The minimum Gasteiger partial charge on any atom is -0.465 e. The zero-order chi connectivity index (χ0) is 12.1. The van der Waals surface area contributed by atoms with Crippen LogP contribution in [0, 0.1) is 5.41 Å². The number of esters is 1. The van der Waals surface area contributed by atoms with Crippen molar-refractivity contribution in [1.82, 2.24) is 0 Å². The van der Waals surface area contributed by atoms with Crippen LogP contribution in [-0.2, 0) is 14.3 Å². The van der Waals surface area contributed by atoms with Crippen LogP contribution in [0.2, 0.25) is 0 Å². The molecule has 15 heavy (non-hydrogen) atoms. The Hall–Kier alpha value is -1.23. The summed E-state index contributed by atoms with van der Waals surface area (Å²) in [6, 6.07) is -0.475. The molecule has 0 aliphatic carbocycles. The molecule has 0 fully saturated rings. The lowest BCUT2D eigenvalue weighted by Crippen LogP contribution is -2.32. The molecule has 0 aliphatic rings. The van der Waals surface area contributed by atoms with Crippen LogP contribution in [0.3, 0.4) is 0 Å². The molecule has 0 rings (SSSR count). The lowest BCUT2D eigenvalue weighted by molar-refractivity contribution is -0.144. The number of nitrogens with two attached hydrogens (primary N) is 2. The van der Waals surface area contributed by atoms with E-state index in [9.17, 15) is 4.79 Å². The van der Waals surface area contributed by atoms with E-state index in [0.29, 0.717) is 19.6 Å². The second kappa shape index (κ2) is 12.8. The minimum absolute atomic E-state index is 0.311. The van der Waals surface area contributed by atoms with E-state index in [1.54, 1.807) is 6.92 Å². The Morgan fingerprint density at radius 1 is 1.53 bits per heavy atom. The number of ether oxygens (including phenoxy) is 1. The molecule has 0 saturated carbocycles. The van der Waals surface area contributed by atoms with Gasteiger partial charge in [-0.2, -0.15) is 0 Å². The van der Waals surface area contributed by atoms with Gasteiger partial charge in [-0.15, -0.1) is 0 Å². The first-order valence-corrected chi connectivity index (χ1v) is 4.80. The SMILES string of the molecule is CCOC(=O)C(N)CCCCN.N=C=O. The van der Waals surface area contributed by atoms with E-state index in [4.69, 9.17) is 26.4 Å². The summed E-state index contributed by atoms with van der Waals surface area (Å²) in [7, 11) is 0. The molecule has 0 bridgehead atoms. The second-order valence-corrected chi connectivity index (χ2v) is 2.75. The normalized spacial score (nSPS) is 10.6. The first-order chi connectivity index (χ1) is 7.13. The summed E-state index contributed by atoms with van der Waals surface area (Å²) < 4.78 is 4.74. The lowest BCUT2D eigenvalue weighted by atomic mass is 10.1. The monoisotopic (exact) mass is 217 g/mol. The molecule has 6 heteroatoms. The van der Waals surface area contributed by atoms with Gasteiger partial charge in [0, 0.05) is 0 Å². The molecule has 88 valence electrons. The Balaban J connectivity index is 0. The molecule has 0 spiro atoms. The summed E-state index contributed by atoms with van der Waals surface area (Å²) in [6.07, 6.45) is 3.21. The van der Waals surface area contributed by atoms with Gasteiger partial charge in [-0.25, -0.2) is 10.2 Å². The van der Waals surface area contributed by atoms with Gasteiger partial charge >= 0.3 is 5.97 Å². The highest BCUT2D eigenvalue weighted by Crippen LogP contribution is 1.99. The van der Waals surface area contributed by atoms with Crippen molar-refractivity contribution in [3.05, 3.63) is 0 Å². The third-order valence-corrected chi connectivity index (χ3v) is 1.56. The Kier molecular flexibility index (Phi) is 13.8. The van der Waals surface area contributed by atoms with Crippen molar-refractivity contribution < 1.29 is 14.3 Å². The maximum absolute atomic E-state index is 11.0. The largest absolute Gasteiger partial charge is 0.465 e. The Labute approximate surface area is 89.5 Å². The number of unbranched alkanes of at least 4 members (excludes halogenated alkanes) is 1.